The first kappa shape index (κ1) is 17.6. The molecule has 1 heterocycles. The van der Waals surface area contributed by atoms with Crippen molar-refractivity contribution < 1.29 is 23.9 Å². The van der Waals surface area contributed by atoms with E-state index in [1.165, 1.54) is 0 Å². The van der Waals surface area contributed by atoms with Gasteiger partial charge in [-0.25, -0.2) is 4.79 Å². The highest BCUT2D eigenvalue weighted by atomic mass is 79.9. The smallest absolute Gasteiger partial charge is 0.326 e. The monoisotopic (exact) mass is 408 g/mol. The van der Waals surface area contributed by atoms with Gasteiger partial charge in [-0.1, -0.05) is 22.0 Å². The summed E-state index contributed by atoms with van der Waals surface area (Å²) >= 11 is 3.29. The van der Waals surface area contributed by atoms with Crippen molar-refractivity contribution in [2.75, 3.05) is 6.54 Å². The molecule has 8 heteroatoms. The molecule has 0 saturated carbocycles. The van der Waals surface area contributed by atoms with E-state index in [1.54, 1.807) is 39.0 Å². The second-order valence-electron chi connectivity index (χ2n) is 7.10. The third-order valence-corrected chi connectivity index (χ3v) is 4.54. The van der Waals surface area contributed by atoms with Gasteiger partial charge in [0, 0.05) is 16.5 Å². The molecular formula is C17H17BrN2O5. The van der Waals surface area contributed by atoms with Gasteiger partial charge in [-0.2, -0.15) is 0 Å². The standard InChI is InChI=1S/C17H17BrN2O5/c1-16(2,3)25-13(22)8-20-14(23)17(19-15(20)24)7-12(21)10-6-9(18)4-5-11(10)17/h4-6H,7-8H2,1-3H3,(H,19,24)/t17-/m0/s1. The van der Waals surface area contributed by atoms with Gasteiger partial charge in [-0.15, -0.1) is 0 Å². The number of hydrogen-bond acceptors (Lipinski definition) is 5. The van der Waals surface area contributed by atoms with E-state index < -0.39 is 35.6 Å². The summed E-state index contributed by atoms with van der Waals surface area (Å²) in [7, 11) is 0. The summed E-state index contributed by atoms with van der Waals surface area (Å²) in [5.74, 6) is -1.53. The molecule has 1 aliphatic carbocycles. The van der Waals surface area contributed by atoms with Crippen LogP contribution in [0.5, 0.6) is 0 Å². The van der Waals surface area contributed by atoms with Crippen molar-refractivity contribution in [3.05, 3.63) is 33.8 Å². The van der Waals surface area contributed by atoms with Gasteiger partial charge < -0.3 is 10.1 Å². The molecule has 3 amide bonds. The van der Waals surface area contributed by atoms with Gasteiger partial charge in [0.25, 0.3) is 5.91 Å². The SMILES string of the molecule is CC(C)(C)OC(=O)CN1C(=O)N[C@]2(CC(=O)c3cc(Br)ccc32)C1=O. The van der Waals surface area contributed by atoms with Crippen LogP contribution in [0, 0.1) is 0 Å². The Kier molecular flexibility index (Phi) is 3.98. The zero-order valence-electron chi connectivity index (χ0n) is 14.0. The van der Waals surface area contributed by atoms with Crippen LogP contribution >= 0.6 is 15.9 Å². The molecule has 7 nitrogen and oxygen atoms in total. The van der Waals surface area contributed by atoms with E-state index >= 15 is 0 Å². The van der Waals surface area contributed by atoms with Crippen molar-refractivity contribution in [1.29, 1.82) is 0 Å². The van der Waals surface area contributed by atoms with E-state index in [0.29, 0.717) is 15.6 Å². The third kappa shape index (κ3) is 2.95. The Balaban J connectivity index is 1.90. The highest BCUT2D eigenvalue weighted by molar-refractivity contribution is 9.10. The van der Waals surface area contributed by atoms with Crippen LogP contribution in [0.15, 0.2) is 22.7 Å². The summed E-state index contributed by atoms with van der Waals surface area (Å²) < 4.78 is 5.88. The second-order valence-corrected chi connectivity index (χ2v) is 8.02. The number of imide groups is 1. The van der Waals surface area contributed by atoms with E-state index in [9.17, 15) is 19.2 Å². The Morgan fingerprint density at radius 1 is 1.32 bits per heavy atom. The lowest BCUT2D eigenvalue weighted by atomic mass is 9.92. The zero-order valence-corrected chi connectivity index (χ0v) is 15.6. The summed E-state index contributed by atoms with van der Waals surface area (Å²) in [5, 5.41) is 2.60. The molecule has 0 bridgehead atoms. The number of benzene rings is 1. The highest BCUT2D eigenvalue weighted by Crippen LogP contribution is 2.42. The van der Waals surface area contributed by atoms with Crippen LogP contribution in [-0.4, -0.2) is 40.7 Å². The molecular weight excluding hydrogens is 392 g/mol. The Bertz CT molecular complexity index is 814. The predicted octanol–water partition coefficient (Wildman–Crippen LogP) is 2.12. The van der Waals surface area contributed by atoms with Gasteiger partial charge in [-0.3, -0.25) is 19.3 Å². The number of fused-ring (bicyclic) bond motifs is 2. The fraction of sp³-hybridized carbons (Fsp3) is 0.412. The lowest BCUT2D eigenvalue weighted by molar-refractivity contribution is -0.157. The summed E-state index contributed by atoms with van der Waals surface area (Å²) in [6.45, 7) is 4.59. The van der Waals surface area contributed by atoms with Gasteiger partial charge in [0.1, 0.15) is 12.1 Å². The maximum atomic E-state index is 12.9. The summed E-state index contributed by atoms with van der Waals surface area (Å²) in [6.07, 6.45) is -0.159. The minimum Gasteiger partial charge on any atom is -0.459 e. The normalized spacial score (nSPS) is 22.4. The van der Waals surface area contributed by atoms with Gasteiger partial charge in [0.2, 0.25) is 0 Å². The van der Waals surface area contributed by atoms with E-state index in [0.717, 1.165) is 4.90 Å². The van der Waals surface area contributed by atoms with Gasteiger partial charge in [0.05, 0.1) is 0 Å². The number of nitrogens with one attached hydrogen (secondary N) is 1. The van der Waals surface area contributed by atoms with E-state index in [1.807, 2.05) is 0 Å². The van der Waals surface area contributed by atoms with Crippen LogP contribution in [0.3, 0.4) is 0 Å². The topological polar surface area (TPSA) is 92.8 Å². The largest absolute Gasteiger partial charge is 0.459 e. The number of Topliss-reactive ketones (excluding diaryl/α,β-unsaturated/α-hetero) is 1. The first-order chi connectivity index (χ1) is 11.5. The Morgan fingerprint density at radius 2 is 2.00 bits per heavy atom. The molecule has 25 heavy (non-hydrogen) atoms. The molecule has 1 atom stereocenters. The van der Waals surface area contributed by atoms with E-state index in [2.05, 4.69) is 21.2 Å². The number of hydrogen-bond donors (Lipinski definition) is 1. The number of halogens is 1. The number of carbonyl (C=O) groups is 4. The summed E-state index contributed by atoms with van der Waals surface area (Å²) in [5.41, 5.74) is -1.32. The Morgan fingerprint density at radius 3 is 2.64 bits per heavy atom. The van der Waals surface area contributed by atoms with Crippen LogP contribution in [0.4, 0.5) is 4.79 Å². The average Bonchev–Trinajstić information content (AvgIpc) is 2.86. The number of amides is 3. The molecule has 0 unspecified atom stereocenters. The molecule has 0 aromatic heterocycles. The fourth-order valence-corrected chi connectivity index (χ4v) is 3.49. The number of esters is 1. The molecule has 1 aliphatic heterocycles. The maximum absolute atomic E-state index is 12.9. The summed E-state index contributed by atoms with van der Waals surface area (Å²) in [6, 6.07) is 4.26. The molecule has 1 fully saturated rings. The number of carbonyl (C=O) groups excluding carboxylic acids is 4. The predicted molar refractivity (Wildman–Crippen MR) is 90.9 cm³/mol. The van der Waals surface area contributed by atoms with Gasteiger partial charge in [0.15, 0.2) is 11.3 Å². The Labute approximate surface area is 152 Å². The maximum Gasteiger partial charge on any atom is 0.326 e. The Hall–Kier alpha value is -2.22. The number of rotatable bonds is 2. The summed E-state index contributed by atoms with van der Waals surface area (Å²) in [4.78, 5) is 50.3. The molecule has 1 N–H and O–H groups in total. The molecule has 1 aromatic carbocycles. The van der Waals surface area contributed by atoms with E-state index in [-0.39, 0.29) is 12.2 Å². The third-order valence-electron chi connectivity index (χ3n) is 4.05. The molecule has 132 valence electrons. The van der Waals surface area contributed by atoms with Crippen molar-refractivity contribution in [2.24, 2.45) is 0 Å². The van der Waals surface area contributed by atoms with Crippen molar-refractivity contribution in [3.8, 4) is 0 Å². The van der Waals surface area contributed by atoms with E-state index in [4.69, 9.17) is 4.74 Å². The lowest BCUT2D eigenvalue weighted by Gasteiger charge is -2.23. The zero-order chi connectivity index (χ0) is 18.6. The molecule has 3 rings (SSSR count). The van der Waals surface area contributed by atoms with Crippen molar-refractivity contribution in [3.63, 3.8) is 0 Å². The van der Waals surface area contributed by atoms with Crippen LogP contribution < -0.4 is 5.32 Å². The molecule has 1 aromatic rings. The number of nitrogens with zero attached hydrogens (tertiary/aromatic N) is 1. The number of urea groups is 1. The van der Waals surface area contributed by atoms with Gasteiger partial charge in [-0.05, 0) is 38.5 Å². The fourth-order valence-electron chi connectivity index (χ4n) is 3.13. The van der Waals surface area contributed by atoms with Crippen LogP contribution in [-0.2, 0) is 19.9 Å². The number of ketones is 1. The minimum absolute atomic E-state index is 0.159. The average molecular weight is 409 g/mol. The van der Waals surface area contributed by atoms with Crippen LogP contribution in [0.2, 0.25) is 0 Å². The second kappa shape index (κ2) is 5.66. The van der Waals surface area contributed by atoms with Gasteiger partial charge >= 0.3 is 12.0 Å². The first-order valence-corrected chi connectivity index (χ1v) is 8.52. The quantitative estimate of drug-likeness (QED) is 0.597. The van der Waals surface area contributed by atoms with Crippen molar-refractivity contribution >= 4 is 39.6 Å². The van der Waals surface area contributed by atoms with Crippen LogP contribution in [0.1, 0.15) is 43.1 Å². The van der Waals surface area contributed by atoms with Crippen LogP contribution in [0.25, 0.3) is 0 Å². The number of ether oxygens (including phenoxy) is 1. The highest BCUT2D eigenvalue weighted by Gasteiger charge is 2.58. The van der Waals surface area contributed by atoms with Crippen molar-refractivity contribution in [1.82, 2.24) is 10.2 Å². The molecule has 1 saturated heterocycles. The minimum atomic E-state index is -1.44. The molecule has 2 aliphatic rings. The molecule has 1 spiro atoms. The first-order valence-electron chi connectivity index (χ1n) is 7.73. The molecule has 0 radical (unpaired) electrons. The lowest BCUT2D eigenvalue weighted by Crippen LogP contribution is -2.43. The van der Waals surface area contributed by atoms with Crippen molar-refractivity contribution in [2.45, 2.75) is 38.3 Å².